The van der Waals surface area contributed by atoms with Crippen LogP contribution < -0.4 is 0 Å². The lowest BCUT2D eigenvalue weighted by atomic mass is 9.74. The minimum atomic E-state index is 0.906. The molecule has 0 amide bonds. The van der Waals surface area contributed by atoms with Crippen LogP contribution in [0.15, 0.2) is 23.8 Å². The summed E-state index contributed by atoms with van der Waals surface area (Å²) in [4.78, 5) is 0. The highest BCUT2D eigenvalue weighted by atomic mass is 14.3. The van der Waals surface area contributed by atoms with E-state index < -0.39 is 0 Å². The van der Waals surface area contributed by atoms with Gasteiger partial charge in [-0.05, 0) is 50.9 Å². The second-order valence-electron chi connectivity index (χ2n) is 9.11. The molecule has 0 aliphatic heterocycles. The molecule has 0 radical (unpaired) electrons. The highest BCUT2D eigenvalue weighted by Crippen LogP contribution is 2.40. The van der Waals surface area contributed by atoms with Gasteiger partial charge in [0.15, 0.2) is 0 Å². The average molecular weight is 375 g/mol. The van der Waals surface area contributed by atoms with Crippen LogP contribution in [0.2, 0.25) is 0 Å². The predicted molar refractivity (Wildman–Crippen MR) is 124 cm³/mol. The van der Waals surface area contributed by atoms with Crippen molar-refractivity contribution in [1.29, 1.82) is 0 Å². The van der Waals surface area contributed by atoms with Gasteiger partial charge in [-0.25, -0.2) is 0 Å². The van der Waals surface area contributed by atoms with Gasteiger partial charge in [0, 0.05) is 0 Å². The van der Waals surface area contributed by atoms with E-state index in [1.165, 1.54) is 128 Å². The molecule has 1 aliphatic rings. The monoisotopic (exact) mass is 374 g/mol. The molecule has 158 valence electrons. The summed E-state index contributed by atoms with van der Waals surface area (Å²) in [6, 6.07) is 0. The zero-order chi connectivity index (χ0) is 19.6. The maximum Gasteiger partial charge on any atom is -0.0192 e. The summed E-state index contributed by atoms with van der Waals surface area (Å²) in [6.07, 6.45) is 30.5. The van der Waals surface area contributed by atoms with Crippen LogP contribution in [-0.2, 0) is 0 Å². The molecule has 0 saturated heterocycles. The summed E-state index contributed by atoms with van der Waals surface area (Å²) in [6.45, 7) is 8.53. The maximum absolute atomic E-state index is 3.79. The van der Waals surface area contributed by atoms with Crippen LogP contribution in [0.4, 0.5) is 0 Å². The van der Waals surface area contributed by atoms with E-state index >= 15 is 0 Å². The number of unbranched alkanes of at least 4 members (excludes halogenated alkanes) is 15. The first-order valence-electron chi connectivity index (χ1n) is 12.6. The number of hydrogen-bond acceptors (Lipinski definition) is 0. The van der Waals surface area contributed by atoms with E-state index in [-0.39, 0.29) is 0 Å². The molecule has 1 aliphatic carbocycles. The third-order valence-electron chi connectivity index (χ3n) is 6.54. The smallest absolute Gasteiger partial charge is 0.0192 e. The maximum atomic E-state index is 3.79. The van der Waals surface area contributed by atoms with Gasteiger partial charge in [-0.2, -0.15) is 0 Å². The summed E-state index contributed by atoms with van der Waals surface area (Å²) in [7, 11) is 0. The Morgan fingerprint density at radius 3 is 1.63 bits per heavy atom. The third-order valence-corrected chi connectivity index (χ3v) is 6.54. The Bertz CT molecular complexity index is 375. The van der Waals surface area contributed by atoms with Crippen molar-refractivity contribution in [3.05, 3.63) is 23.8 Å². The first kappa shape index (κ1) is 24.5. The van der Waals surface area contributed by atoms with Crippen LogP contribution in [0, 0.1) is 5.92 Å². The van der Waals surface area contributed by atoms with E-state index in [2.05, 4.69) is 26.5 Å². The van der Waals surface area contributed by atoms with Gasteiger partial charge in [0.2, 0.25) is 0 Å². The lowest BCUT2D eigenvalue weighted by molar-refractivity contribution is 0.499. The molecule has 0 bridgehead atoms. The van der Waals surface area contributed by atoms with E-state index in [0.717, 1.165) is 5.92 Å². The minimum Gasteiger partial charge on any atom is -0.103 e. The zero-order valence-corrected chi connectivity index (χ0v) is 19.0. The van der Waals surface area contributed by atoms with Gasteiger partial charge >= 0.3 is 0 Å². The molecule has 27 heavy (non-hydrogen) atoms. The molecule has 0 heteroatoms. The lowest BCUT2D eigenvalue weighted by Gasteiger charge is -2.31. The van der Waals surface area contributed by atoms with Crippen molar-refractivity contribution < 1.29 is 0 Å². The summed E-state index contributed by atoms with van der Waals surface area (Å²) in [5, 5.41) is 0. The number of rotatable bonds is 20. The standard InChI is InChI=1S/C27H50/c1-4-6-8-9-10-11-12-13-14-15-16-17-18-19-20-21-22-26-24-25(3)27(26)23-7-5-2/h4,25H,1,5-24H2,2-3H3. The van der Waals surface area contributed by atoms with Crippen molar-refractivity contribution in [2.24, 2.45) is 5.92 Å². The molecular formula is C27H50. The topological polar surface area (TPSA) is 0 Å². The van der Waals surface area contributed by atoms with E-state index in [0.29, 0.717) is 0 Å². The first-order chi connectivity index (χ1) is 13.3. The molecule has 0 heterocycles. The Balaban J connectivity index is 1.79. The van der Waals surface area contributed by atoms with Crippen molar-refractivity contribution in [2.75, 3.05) is 0 Å². The van der Waals surface area contributed by atoms with Gasteiger partial charge in [-0.3, -0.25) is 0 Å². The van der Waals surface area contributed by atoms with E-state index in [9.17, 15) is 0 Å². The number of hydrogen-bond donors (Lipinski definition) is 0. The molecule has 0 aromatic rings. The van der Waals surface area contributed by atoms with Gasteiger partial charge in [0.25, 0.3) is 0 Å². The quantitative estimate of drug-likeness (QED) is 0.147. The minimum absolute atomic E-state index is 0.906. The fraction of sp³-hybridized carbons (Fsp3) is 0.852. The van der Waals surface area contributed by atoms with Crippen LogP contribution in [0.5, 0.6) is 0 Å². The van der Waals surface area contributed by atoms with E-state index in [4.69, 9.17) is 0 Å². The van der Waals surface area contributed by atoms with Crippen molar-refractivity contribution >= 4 is 0 Å². The normalized spacial score (nSPS) is 16.6. The first-order valence-corrected chi connectivity index (χ1v) is 12.6. The fourth-order valence-electron chi connectivity index (χ4n) is 4.64. The molecule has 0 spiro atoms. The van der Waals surface area contributed by atoms with Crippen molar-refractivity contribution in [3.8, 4) is 0 Å². The molecule has 0 N–H and O–H groups in total. The molecular weight excluding hydrogens is 324 g/mol. The molecule has 1 atom stereocenters. The summed E-state index contributed by atoms with van der Waals surface area (Å²) < 4.78 is 0. The Hall–Kier alpha value is -0.520. The van der Waals surface area contributed by atoms with Crippen LogP contribution in [0.25, 0.3) is 0 Å². The van der Waals surface area contributed by atoms with E-state index in [1.54, 1.807) is 0 Å². The SMILES string of the molecule is C=CCCCCCCCCCCCCCCCCC1=C(CCCC)C(C)C1. The van der Waals surface area contributed by atoms with Gasteiger partial charge < -0.3 is 0 Å². The second-order valence-corrected chi connectivity index (χ2v) is 9.11. The highest BCUT2D eigenvalue weighted by Gasteiger charge is 2.23. The zero-order valence-electron chi connectivity index (χ0n) is 19.0. The van der Waals surface area contributed by atoms with E-state index in [1.807, 2.05) is 11.1 Å². The third kappa shape index (κ3) is 12.5. The average Bonchev–Trinajstić information content (AvgIpc) is 2.67. The van der Waals surface area contributed by atoms with Gasteiger partial charge in [0.1, 0.15) is 0 Å². The van der Waals surface area contributed by atoms with Crippen LogP contribution in [0.1, 0.15) is 142 Å². The summed E-state index contributed by atoms with van der Waals surface area (Å²) in [5.41, 5.74) is 3.69. The van der Waals surface area contributed by atoms with Crippen molar-refractivity contribution in [3.63, 3.8) is 0 Å². The number of allylic oxidation sites excluding steroid dienone is 3. The molecule has 0 fully saturated rings. The van der Waals surface area contributed by atoms with Crippen molar-refractivity contribution in [2.45, 2.75) is 142 Å². The van der Waals surface area contributed by atoms with Crippen LogP contribution in [-0.4, -0.2) is 0 Å². The van der Waals surface area contributed by atoms with Gasteiger partial charge in [-0.15, -0.1) is 6.58 Å². The van der Waals surface area contributed by atoms with Crippen molar-refractivity contribution in [1.82, 2.24) is 0 Å². The Labute approximate surface area is 172 Å². The fourth-order valence-corrected chi connectivity index (χ4v) is 4.64. The Morgan fingerprint density at radius 2 is 1.19 bits per heavy atom. The molecule has 0 aromatic carbocycles. The highest BCUT2D eigenvalue weighted by molar-refractivity contribution is 5.27. The van der Waals surface area contributed by atoms with Crippen LogP contribution in [0.3, 0.4) is 0 Å². The van der Waals surface area contributed by atoms with Gasteiger partial charge in [-0.1, -0.05) is 115 Å². The molecule has 1 unspecified atom stereocenters. The summed E-state index contributed by atoms with van der Waals surface area (Å²) in [5.74, 6) is 0.906. The Kier molecular flexibility index (Phi) is 16.0. The molecule has 0 aromatic heterocycles. The summed E-state index contributed by atoms with van der Waals surface area (Å²) >= 11 is 0. The Morgan fingerprint density at radius 1 is 0.704 bits per heavy atom. The lowest BCUT2D eigenvalue weighted by Crippen LogP contribution is -2.15. The molecule has 0 saturated carbocycles. The molecule has 0 nitrogen and oxygen atoms in total. The van der Waals surface area contributed by atoms with Gasteiger partial charge in [0.05, 0.1) is 0 Å². The largest absolute Gasteiger partial charge is 0.103 e. The van der Waals surface area contributed by atoms with Crippen LogP contribution >= 0.6 is 0 Å². The molecule has 1 rings (SSSR count). The second kappa shape index (κ2) is 17.6. The predicted octanol–water partition coefficient (Wildman–Crippen LogP) is 9.94.